The van der Waals surface area contributed by atoms with E-state index in [0.29, 0.717) is 24.7 Å². The van der Waals surface area contributed by atoms with E-state index in [0.717, 1.165) is 37.4 Å². The molecular weight excluding hydrogens is 532 g/mol. The lowest BCUT2D eigenvalue weighted by Crippen LogP contribution is -2.26. The van der Waals surface area contributed by atoms with Crippen molar-refractivity contribution in [2.24, 2.45) is 10.8 Å². The van der Waals surface area contributed by atoms with Gasteiger partial charge < -0.3 is 19.7 Å². The lowest BCUT2D eigenvalue weighted by atomic mass is 9.84. The van der Waals surface area contributed by atoms with Gasteiger partial charge in [-0.1, -0.05) is 106 Å². The van der Waals surface area contributed by atoms with Gasteiger partial charge in [-0.05, 0) is 65.8 Å². The van der Waals surface area contributed by atoms with Gasteiger partial charge in [0.15, 0.2) is 0 Å². The number of rotatable bonds is 19. The molecule has 43 heavy (non-hydrogen) atoms. The zero-order valence-corrected chi connectivity index (χ0v) is 29.0. The topological polar surface area (TPSA) is 50.8 Å². The highest BCUT2D eigenvalue weighted by atomic mass is 16.5. The summed E-state index contributed by atoms with van der Waals surface area (Å²) in [5.74, 6) is 1.52. The van der Waals surface area contributed by atoms with Crippen molar-refractivity contribution in [1.82, 2.24) is 0 Å². The van der Waals surface area contributed by atoms with Crippen molar-refractivity contribution in [2.75, 3.05) is 36.5 Å². The zero-order chi connectivity index (χ0) is 31.9. The van der Waals surface area contributed by atoms with Crippen LogP contribution in [0.4, 0.5) is 11.4 Å². The third-order valence-corrected chi connectivity index (χ3v) is 7.38. The van der Waals surface area contributed by atoms with Crippen molar-refractivity contribution in [3.8, 4) is 11.5 Å². The average molecular weight is 595 g/mol. The predicted molar refractivity (Wildman–Crippen MR) is 185 cm³/mol. The third kappa shape index (κ3) is 15.0. The zero-order valence-electron chi connectivity index (χ0n) is 29.0. The third-order valence-electron chi connectivity index (χ3n) is 7.38. The molecule has 2 aromatic rings. The molecule has 0 bridgehead atoms. The molecule has 1 N–H and O–H groups in total. The number of unbranched alkanes of at least 4 members (excludes halogenated alkanes) is 6. The monoisotopic (exact) mass is 594 g/mol. The maximum absolute atomic E-state index is 12.0. The Labute approximate surface area is 264 Å². The summed E-state index contributed by atoms with van der Waals surface area (Å²) < 4.78 is 12.6. The molecule has 0 aromatic heterocycles. The van der Waals surface area contributed by atoms with Crippen molar-refractivity contribution in [3.05, 3.63) is 47.5 Å². The first-order chi connectivity index (χ1) is 20.3. The van der Waals surface area contributed by atoms with Crippen LogP contribution in [0.15, 0.2) is 36.4 Å². The van der Waals surface area contributed by atoms with Crippen LogP contribution >= 0.6 is 0 Å². The van der Waals surface area contributed by atoms with Crippen LogP contribution in [0.5, 0.6) is 11.5 Å². The van der Waals surface area contributed by atoms with Gasteiger partial charge in [0, 0.05) is 31.8 Å². The minimum absolute atomic E-state index is 0.105. The summed E-state index contributed by atoms with van der Waals surface area (Å²) in [4.78, 5) is 14.5. The second-order valence-electron chi connectivity index (χ2n) is 14.6. The molecule has 0 saturated heterocycles. The molecule has 242 valence electrons. The minimum Gasteiger partial charge on any atom is -0.490 e. The molecule has 0 saturated carbocycles. The number of amides is 1. The number of hydrogen-bond donors (Lipinski definition) is 1. The Morgan fingerprint density at radius 2 is 1.30 bits per heavy atom. The summed E-state index contributed by atoms with van der Waals surface area (Å²) in [6, 6.07) is 12.8. The van der Waals surface area contributed by atoms with Gasteiger partial charge in [-0.15, -0.1) is 0 Å². The number of nitrogens with zero attached hydrogens (tertiary/aromatic N) is 1. The molecular formula is C38H62N2O3. The van der Waals surface area contributed by atoms with E-state index < -0.39 is 0 Å². The molecule has 2 aromatic carbocycles. The standard InChI is InChI=1S/C38H62N2O3/c1-10-12-14-16-22-40(23-17-15-13-11-2)33-19-20-34(39-30(3)41)36(27-33)43-25-24-42-35-21-18-31(28-37(4,5)6)26-32(35)29-38(7,8)9/h18-21,26-27H,10-17,22-25,28-29H2,1-9H3,(H,39,41). The minimum atomic E-state index is -0.105. The lowest BCUT2D eigenvalue weighted by Gasteiger charge is -2.26. The van der Waals surface area contributed by atoms with Crippen LogP contribution in [0, 0.1) is 10.8 Å². The summed E-state index contributed by atoms with van der Waals surface area (Å²) in [6.07, 6.45) is 11.9. The SMILES string of the molecule is CCCCCCN(CCCCCC)c1ccc(NC(C)=O)c(OCCOc2ccc(CC(C)(C)C)cc2CC(C)(C)C)c1. The molecule has 0 atom stereocenters. The molecule has 0 aliphatic heterocycles. The van der Waals surface area contributed by atoms with Crippen LogP contribution < -0.4 is 19.7 Å². The first-order valence-electron chi connectivity index (χ1n) is 16.9. The maximum atomic E-state index is 12.0. The van der Waals surface area contributed by atoms with E-state index >= 15 is 0 Å². The largest absolute Gasteiger partial charge is 0.490 e. The fraction of sp³-hybridized carbons (Fsp3) is 0.658. The Kier molecular flexibility index (Phi) is 15.4. The van der Waals surface area contributed by atoms with Gasteiger partial charge >= 0.3 is 0 Å². The quantitative estimate of drug-likeness (QED) is 0.164. The normalized spacial score (nSPS) is 11.8. The number of nitrogens with one attached hydrogen (secondary N) is 1. The number of carbonyl (C=O) groups excluding carboxylic acids is 1. The predicted octanol–water partition coefficient (Wildman–Crippen LogP) is 10.2. The Balaban J connectivity index is 2.18. The fourth-order valence-electron chi connectivity index (χ4n) is 5.46. The molecule has 0 fully saturated rings. The van der Waals surface area contributed by atoms with E-state index in [2.05, 4.69) is 95.9 Å². The van der Waals surface area contributed by atoms with E-state index in [1.54, 1.807) is 0 Å². The molecule has 0 aliphatic carbocycles. The average Bonchev–Trinajstić information content (AvgIpc) is 2.90. The van der Waals surface area contributed by atoms with E-state index in [4.69, 9.17) is 9.47 Å². The molecule has 0 unspecified atom stereocenters. The molecule has 0 radical (unpaired) electrons. The number of ether oxygens (including phenoxy) is 2. The number of benzene rings is 2. The molecule has 2 rings (SSSR count). The number of carbonyl (C=O) groups is 1. The van der Waals surface area contributed by atoms with Crippen molar-refractivity contribution in [2.45, 2.75) is 127 Å². The second-order valence-corrected chi connectivity index (χ2v) is 14.6. The van der Waals surface area contributed by atoms with Crippen LogP contribution in [0.25, 0.3) is 0 Å². The highest BCUT2D eigenvalue weighted by molar-refractivity contribution is 5.90. The summed E-state index contributed by atoms with van der Waals surface area (Å²) in [7, 11) is 0. The van der Waals surface area contributed by atoms with Gasteiger partial charge in [-0.3, -0.25) is 4.79 Å². The van der Waals surface area contributed by atoms with Gasteiger partial charge in [0.25, 0.3) is 0 Å². The summed E-state index contributed by atoms with van der Waals surface area (Å²) >= 11 is 0. The molecule has 0 spiro atoms. The molecule has 0 heterocycles. The van der Waals surface area contributed by atoms with Crippen LogP contribution in [0.2, 0.25) is 0 Å². The van der Waals surface area contributed by atoms with Crippen LogP contribution in [0.1, 0.15) is 125 Å². The van der Waals surface area contributed by atoms with E-state index in [-0.39, 0.29) is 16.7 Å². The van der Waals surface area contributed by atoms with Gasteiger partial charge in [0.2, 0.25) is 5.91 Å². The van der Waals surface area contributed by atoms with E-state index in [1.165, 1.54) is 69.4 Å². The van der Waals surface area contributed by atoms with Gasteiger partial charge in [-0.25, -0.2) is 0 Å². The smallest absolute Gasteiger partial charge is 0.221 e. The molecule has 5 heteroatoms. The highest BCUT2D eigenvalue weighted by Gasteiger charge is 2.18. The number of hydrogen-bond acceptors (Lipinski definition) is 4. The Hall–Kier alpha value is -2.69. The Bertz CT molecular complexity index is 1090. The van der Waals surface area contributed by atoms with Crippen molar-refractivity contribution in [3.63, 3.8) is 0 Å². The van der Waals surface area contributed by atoms with Crippen molar-refractivity contribution < 1.29 is 14.3 Å². The van der Waals surface area contributed by atoms with E-state index in [1.807, 2.05) is 6.07 Å². The van der Waals surface area contributed by atoms with Gasteiger partial charge in [-0.2, -0.15) is 0 Å². The van der Waals surface area contributed by atoms with E-state index in [9.17, 15) is 4.79 Å². The highest BCUT2D eigenvalue weighted by Crippen LogP contribution is 2.33. The van der Waals surface area contributed by atoms with Crippen LogP contribution in [0.3, 0.4) is 0 Å². The summed E-state index contributed by atoms with van der Waals surface area (Å²) in [5, 5.41) is 2.95. The first kappa shape index (κ1) is 36.5. The molecule has 1 amide bonds. The van der Waals surface area contributed by atoms with Crippen molar-refractivity contribution in [1.29, 1.82) is 0 Å². The molecule has 5 nitrogen and oxygen atoms in total. The summed E-state index contributed by atoms with van der Waals surface area (Å²) in [5.41, 5.74) is 4.84. The fourth-order valence-corrected chi connectivity index (χ4v) is 5.46. The maximum Gasteiger partial charge on any atom is 0.221 e. The molecule has 0 aliphatic rings. The lowest BCUT2D eigenvalue weighted by molar-refractivity contribution is -0.114. The Morgan fingerprint density at radius 3 is 1.84 bits per heavy atom. The van der Waals surface area contributed by atoms with Crippen LogP contribution in [-0.4, -0.2) is 32.2 Å². The van der Waals surface area contributed by atoms with Crippen LogP contribution in [-0.2, 0) is 17.6 Å². The second kappa shape index (κ2) is 18.2. The summed E-state index contributed by atoms with van der Waals surface area (Å²) in [6.45, 7) is 22.6. The van der Waals surface area contributed by atoms with Gasteiger partial charge in [0.05, 0.1) is 5.69 Å². The van der Waals surface area contributed by atoms with Gasteiger partial charge in [0.1, 0.15) is 24.7 Å². The Morgan fingerprint density at radius 1 is 0.721 bits per heavy atom. The van der Waals surface area contributed by atoms with Crippen molar-refractivity contribution >= 4 is 17.3 Å². The number of anilines is 2. The first-order valence-corrected chi connectivity index (χ1v) is 16.9.